The first kappa shape index (κ1) is 16.0. The van der Waals surface area contributed by atoms with Crippen LogP contribution in [0.1, 0.15) is 51.1 Å². The first-order chi connectivity index (χ1) is 9.84. The zero-order chi connectivity index (χ0) is 15.6. The first-order valence-corrected chi connectivity index (χ1v) is 8.12. The monoisotopic (exact) mass is 305 g/mol. The third-order valence-electron chi connectivity index (χ3n) is 3.17. The number of aliphatic hydroxyl groups is 1. The van der Waals surface area contributed by atoms with Gasteiger partial charge in [0.2, 0.25) is 0 Å². The number of hydrogen-bond acceptors (Lipinski definition) is 4. The predicted octanol–water partition coefficient (Wildman–Crippen LogP) is 4.56. The van der Waals surface area contributed by atoms with E-state index in [9.17, 15) is 5.11 Å². The van der Waals surface area contributed by atoms with Crippen molar-refractivity contribution < 1.29 is 9.84 Å². The van der Waals surface area contributed by atoms with E-state index in [1.54, 1.807) is 11.3 Å². The molecule has 0 radical (unpaired) electrons. The fraction of sp³-hybridized carbons (Fsp3) is 0.471. The number of hydrogen-bond donors (Lipinski definition) is 1. The highest BCUT2D eigenvalue weighted by Crippen LogP contribution is 2.40. The average Bonchev–Trinajstić information content (AvgIpc) is 2.85. The molecule has 3 nitrogen and oxygen atoms in total. The summed E-state index contributed by atoms with van der Waals surface area (Å²) in [6, 6.07) is 7.92. The molecule has 4 heteroatoms. The molecule has 1 aromatic carbocycles. The van der Waals surface area contributed by atoms with Gasteiger partial charge in [-0.1, -0.05) is 26.0 Å². The van der Waals surface area contributed by atoms with E-state index >= 15 is 0 Å². The minimum absolute atomic E-state index is 0.274. The van der Waals surface area contributed by atoms with Crippen LogP contribution in [0.25, 0.3) is 10.6 Å². The Bertz CT molecular complexity index is 611. The molecule has 0 aliphatic heterocycles. The van der Waals surface area contributed by atoms with Crippen LogP contribution in [0.5, 0.6) is 5.75 Å². The van der Waals surface area contributed by atoms with Gasteiger partial charge in [0, 0.05) is 0 Å². The number of rotatable bonds is 5. The van der Waals surface area contributed by atoms with Crippen LogP contribution in [0.15, 0.2) is 24.3 Å². The molecule has 0 saturated carbocycles. The standard InChI is InChI=1S/C17H23NO2S/c1-6-20-13-10-8-7-9-12(13)16-18-14(11(2)3)15(21-16)17(4,5)19/h7-11,19H,6H2,1-5H3. The highest BCUT2D eigenvalue weighted by Gasteiger charge is 2.27. The van der Waals surface area contributed by atoms with Crippen molar-refractivity contribution in [3.8, 4) is 16.3 Å². The van der Waals surface area contributed by atoms with E-state index in [0.29, 0.717) is 6.61 Å². The largest absolute Gasteiger partial charge is 0.493 e. The molecule has 0 atom stereocenters. The van der Waals surface area contributed by atoms with Crippen molar-refractivity contribution in [1.82, 2.24) is 4.98 Å². The lowest BCUT2D eigenvalue weighted by atomic mass is 10.0. The Hall–Kier alpha value is -1.39. The van der Waals surface area contributed by atoms with E-state index in [4.69, 9.17) is 9.72 Å². The normalized spacial score (nSPS) is 12.0. The molecule has 0 unspecified atom stereocenters. The molecule has 1 heterocycles. The summed E-state index contributed by atoms with van der Waals surface area (Å²) in [5.41, 5.74) is 1.08. The fourth-order valence-electron chi connectivity index (χ4n) is 2.20. The quantitative estimate of drug-likeness (QED) is 0.880. The first-order valence-electron chi connectivity index (χ1n) is 7.30. The molecule has 2 aromatic rings. The van der Waals surface area contributed by atoms with Crippen molar-refractivity contribution in [1.29, 1.82) is 0 Å². The smallest absolute Gasteiger partial charge is 0.129 e. The van der Waals surface area contributed by atoms with Crippen molar-refractivity contribution in [2.24, 2.45) is 0 Å². The number of aromatic nitrogens is 1. The van der Waals surface area contributed by atoms with Crippen LogP contribution in [-0.2, 0) is 5.60 Å². The van der Waals surface area contributed by atoms with Gasteiger partial charge in [-0.05, 0) is 38.8 Å². The number of nitrogens with zero attached hydrogens (tertiary/aromatic N) is 1. The van der Waals surface area contributed by atoms with Gasteiger partial charge >= 0.3 is 0 Å². The Kier molecular flexibility index (Phi) is 4.69. The van der Waals surface area contributed by atoms with Crippen LogP contribution >= 0.6 is 11.3 Å². The maximum Gasteiger partial charge on any atom is 0.129 e. The van der Waals surface area contributed by atoms with E-state index in [1.165, 1.54) is 0 Å². The summed E-state index contributed by atoms with van der Waals surface area (Å²) in [6.07, 6.45) is 0. The van der Waals surface area contributed by atoms with Crippen LogP contribution < -0.4 is 4.74 Å². The molecule has 114 valence electrons. The van der Waals surface area contributed by atoms with Crippen LogP contribution in [0.2, 0.25) is 0 Å². The van der Waals surface area contributed by atoms with Crippen LogP contribution in [-0.4, -0.2) is 16.7 Å². The predicted molar refractivity (Wildman–Crippen MR) is 88.1 cm³/mol. The summed E-state index contributed by atoms with van der Waals surface area (Å²) in [6.45, 7) is 10.4. The van der Waals surface area contributed by atoms with Crippen molar-refractivity contribution in [3.05, 3.63) is 34.8 Å². The topological polar surface area (TPSA) is 42.4 Å². The Morgan fingerprint density at radius 1 is 1.29 bits per heavy atom. The third-order valence-corrected chi connectivity index (χ3v) is 4.59. The van der Waals surface area contributed by atoms with E-state index in [1.807, 2.05) is 45.0 Å². The molecule has 0 aliphatic rings. The van der Waals surface area contributed by atoms with Crippen molar-refractivity contribution >= 4 is 11.3 Å². The van der Waals surface area contributed by atoms with E-state index in [0.717, 1.165) is 26.9 Å². The minimum atomic E-state index is -0.879. The van der Waals surface area contributed by atoms with Crippen LogP contribution in [0, 0.1) is 0 Å². The number of benzene rings is 1. The van der Waals surface area contributed by atoms with Gasteiger partial charge in [0.15, 0.2) is 0 Å². The Morgan fingerprint density at radius 3 is 2.48 bits per heavy atom. The van der Waals surface area contributed by atoms with E-state index in [-0.39, 0.29) is 5.92 Å². The van der Waals surface area contributed by atoms with Crippen LogP contribution in [0.3, 0.4) is 0 Å². The molecule has 0 saturated heterocycles. The third kappa shape index (κ3) is 3.44. The molecule has 1 aromatic heterocycles. The van der Waals surface area contributed by atoms with Gasteiger partial charge in [0.25, 0.3) is 0 Å². The molecule has 0 aliphatic carbocycles. The SMILES string of the molecule is CCOc1ccccc1-c1nc(C(C)C)c(C(C)(C)O)s1. The molecule has 21 heavy (non-hydrogen) atoms. The van der Waals surface area contributed by atoms with Gasteiger partial charge in [-0.3, -0.25) is 0 Å². The minimum Gasteiger partial charge on any atom is -0.493 e. The number of thiazole rings is 1. The van der Waals surface area contributed by atoms with Crippen molar-refractivity contribution in [2.45, 2.75) is 46.1 Å². The van der Waals surface area contributed by atoms with Crippen LogP contribution in [0.4, 0.5) is 0 Å². The number of para-hydroxylation sites is 1. The second kappa shape index (κ2) is 6.16. The fourth-order valence-corrected chi connectivity index (χ4v) is 3.45. The summed E-state index contributed by atoms with van der Waals surface area (Å²) in [4.78, 5) is 5.70. The van der Waals surface area contributed by atoms with Crippen molar-refractivity contribution in [2.75, 3.05) is 6.61 Å². The molecule has 0 bridgehead atoms. The van der Waals surface area contributed by atoms with E-state index in [2.05, 4.69) is 13.8 Å². The molecule has 2 rings (SSSR count). The lowest BCUT2D eigenvalue weighted by Crippen LogP contribution is -2.16. The highest BCUT2D eigenvalue weighted by atomic mass is 32.1. The Morgan fingerprint density at radius 2 is 1.95 bits per heavy atom. The summed E-state index contributed by atoms with van der Waals surface area (Å²) in [7, 11) is 0. The lowest BCUT2D eigenvalue weighted by molar-refractivity contribution is 0.0811. The molecular weight excluding hydrogens is 282 g/mol. The summed E-state index contributed by atoms with van der Waals surface area (Å²) in [5, 5.41) is 11.3. The van der Waals surface area contributed by atoms with Gasteiger partial charge in [-0.25, -0.2) is 4.98 Å². The second-order valence-corrected chi connectivity index (χ2v) is 6.88. The zero-order valence-corrected chi connectivity index (χ0v) is 14.1. The van der Waals surface area contributed by atoms with E-state index < -0.39 is 5.60 Å². The van der Waals surface area contributed by atoms with Gasteiger partial charge in [-0.2, -0.15) is 0 Å². The lowest BCUT2D eigenvalue weighted by Gasteiger charge is -2.17. The van der Waals surface area contributed by atoms with Gasteiger partial charge in [-0.15, -0.1) is 11.3 Å². The molecule has 0 amide bonds. The maximum absolute atomic E-state index is 10.4. The molecule has 0 spiro atoms. The Balaban J connectivity index is 2.56. The zero-order valence-electron chi connectivity index (χ0n) is 13.3. The van der Waals surface area contributed by atoms with Gasteiger partial charge in [0.05, 0.1) is 28.3 Å². The van der Waals surface area contributed by atoms with Crippen molar-refractivity contribution in [3.63, 3.8) is 0 Å². The van der Waals surface area contributed by atoms with Gasteiger partial charge < -0.3 is 9.84 Å². The number of ether oxygens (including phenoxy) is 1. The van der Waals surface area contributed by atoms with Gasteiger partial charge in [0.1, 0.15) is 10.8 Å². The summed E-state index contributed by atoms with van der Waals surface area (Å²) < 4.78 is 5.69. The average molecular weight is 305 g/mol. The maximum atomic E-state index is 10.4. The molecular formula is C17H23NO2S. The molecule has 1 N–H and O–H groups in total. The Labute approximate surface area is 130 Å². The highest BCUT2D eigenvalue weighted by molar-refractivity contribution is 7.15. The molecule has 0 fully saturated rings. The summed E-state index contributed by atoms with van der Waals surface area (Å²) in [5.74, 6) is 1.11. The summed E-state index contributed by atoms with van der Waals surface area (Å²) >= 11 is 1.55. The second-order valence-electron chi connectivity index (χ2n) is 5.88.